The second kappa shape index (κ2) is 6.32. The molecule has 0 aromatic rings. The number of aliphatic carboxylic acids is 1. The largest absolute Gasteiger partial charge is 0.481 e. The summed E-state index contributed by atoms with van der Waals surface area (Å²) in [6.45, 7) is 8.74. The Morgan fingerprint density at radius 3 is 2.33 bits per heavy atom. The van der Waals surface area contributed by atoms with Crippen molar-refractivity contribution in [3.63, 3.8) is 0 Å². The molecule has 6 unspecified atom stereocenters. The molecular weight excluding hydrogens is 274 g/mol. The molecule has 0 aromatic heterocycles. The highest BCUT2D eigenvalue weighted by Gasteiger charge is 2.47. The van der Waals surface area contributed by atoms with Crippen LogP contribution in [-0.2, 0) is 19.1 Å². The molecule has 0 saturated carbocycles. The third-order valence-electron chi connectivity index (χ3n) is 4.92. The molecular formula is C15H25NO5. The Balaban J connectivity index is 2.17. The summed E-state index contributed by atoms with van der Waals surface area (Å²) >= 11 is 0. The number of hydrogen-bond acceptors (Lipinski definition) is 4. The van der Waals surface area contributed by atoms with Crippen molar-refractivity contribution in [2.45, 2.75) is 45.9 Å². The van der Waals surface area contributed by atoms with Gasteiger partial charge in [-0.15, -0.1) is 0 Å². The SMILES string of the molecule is CCN(C(=O)C1C(C)OC(C)C1C)C1COCC1C(=O)O. The molecule has 2 rings (SSSR count). The Kier molecular flexibility index (Phi) is 4.88. The highest BCUT2D eigenvalue weighted by atomic mass is 16.5. The zero-order chi connectivity index (χ0) is 15.7. The maximum Gasteiger partial charge on any atom is 0.311 e. The van der Waals surface area contributed by atoms with Gasteiger partial charge in [-0.05, 0) is 26.7 Å². The van der Waals surface area contributed by atoms with E-state index >= 15 is 0 Å². The molecule has 2 fully saturated rings. The molecule has 120 valence electrons. The lowest BCUT2D eigenvalue weighted by molar-refractivity contribution is -0.147. The van der Waals surface area contributed by atoms with Crippen molar-refractivity contribution in [2.24, 2.45) is 17.8 Å². The number of carbonyl (C=O) groups is 2. The number of nitrogens with zero attached hydrogens (tertiary/aromatic N) is 1. The first kappa shape index (κ1) is 16.2. The van der Waals surface area contributed by atoms with Crippen LogP contribution in [0.1, 0.15) is 27.7 Å². The van der Waals surface area contributed by atoms with Crippen LogP contribution in [0.4, 0.5) is 0 Å². The van der Waals surface area contributed by atoms with Crippen LogP contribution in [0, 0.1) is 17.8 Å². The number of amides is 1. The lowest BCUT2D eigenvalue weighted by atomic mass is 9.87. The van der Waals surface area contributed by atoms with Crippen LogP contribution in [0.5, 0.6) is 0 Å². The zero-order valence-electron chi connectivity index (χ0n) is 13.1. The van der Waals surface area contributed by atoms with Crippen molar-refractivity contribution < 1.29 is 24.2 Å². The monoisotopic (exact) mass is 299 g/mol. The van der Waals surface area contributed by atoms with Gasteiger partial charge in [-0.3, -0.25) is 9.59 Å². The second-order valence-corrected chi connectivity index (χ2v) is 6.11. The van der Waals surface area contributed by atoms with Gasteiger partial charge in [-0.1, -0.05) is 6.92 Å². The minimum atomic E-state index is -0.902. The van der Waals surface area contributed by atoms with Crippen molar-refractivity contribution in [1.29, 1.82) is 0 Å². The molecule has 2 heterocycles. The number of hydrogen-bond donors (Lipinski definition) is 1. The molecule has 6 nitrogen and oxygen atoms in total. The van der Waals surface area contributed by atoms with Crippen LogP contribution in [0.2, 0.25) is 0 Å². The zero-order valence-corrected chi connectivity index (χ0v) is 13.1. The summed E-state index contributed by atoms with van der Waals surface area (Å²) in [5, 5.41) is 9.28. The highest BCUT2D eigenvalue weighted by molar-refractivity contribution is 5.81. The van der Waals surface area contributed by atoms with Crippen LogP contribution in [0.25, 0.3) is 0 Å². The molecule has 21 heavy (non-hydrogen) atoms. The molecule has 0 radical (unpaired) electrons. The molecule has 0 aliphatic carbocycles. The van der Waals surface area contributed by atoms with E-state index in [1.54, 1.807) is 4.90 Å². The van der Waals surface area contributed by atoms with Crippen molar-refractivity contribution in [1.82, 2.24) is 4.90 Å². The van der Waals surface area contributed by atoms with Crippen molar-refractivity contribution >= 4 is 11.9 Å². The first-order chi connectivity index (χ1) is 9.88. The van der Waals surface area contributed by atoms with E-state index in [0.717, 1.165) is 0 Å². The van der Waals surface area contributed by atoms with Gasteiger partial charge in [-0.25, -0.2) is 0 Å². The smallest absolute Gasteiger partial charge is 0.311 e. The number of carboxylic acid groups (broad SMARTS) is 1. The maximum absolute atomic E-state index is 12.9. The fourth-order valence-corrected chi connectivity index (χ4v) is 3.52. The van der Waals surface area contributed by atoms with E-state index in [2.05, 4.69) is 0 Å². The van der Waals surface area contributed by atoms with Gasteiger partial charge in [0.05, 0.1) is 37.4 Å². The van der Waals surface area contributed by atoms with Gasteiger partial charge < -0.3 is 19.5 Å². The lowest BCUT2D eigenvalue weighted by Crippen LogP contribution is -2.50. The average Bonchev–Trinajstić information content (AvgIpc) is 2.97. The van der Waals surface area contributed by atoms with E-state index < -0.39 is 11.9 Å². The van der Waals surface area contributed by atoms with E-state index in [-0.39, 0.29) is 42.6 Å². The minimum Gasteiger partial charge on any atom is -0.481 e. The summed E-state index contributed by atoms with van der Waals surface area (Å²) in [5.74, 6) is -1.63. The van der Waals surface area contributed by atoms with Crippen LogP contribution in [0.15, 0.2) is 0 Å². The number of likely N-dealkylation sites (N-methyl/N-ethyl adjacent to an activating group) is 1. The highest BCUT2D eigenvalue weighted by Crippen LogP contribution is 2.35. The predicted octanol–water partition coefficient (Wildman–Crippen LogP) is 0.994. The van der Waals surface area contributed by atoms with E-state index in [1.165, 1.54) is 0 Å². The molecule has 0 bridgehead atoms. The summed E-state index contributed by atoms with van der Waals surface area (Å²) in [7, 11) is 0. The van der Waals surface area contributed by atoms with Gasteiger partial charge in [0, 0.05) is 6.54 Å². The van der Waals surface area contributed by atoms with Crippen molar-refractivity contribution in [2.75, 3.05) is 19.8 Å². The summed E-state index contributed by atoms with van der Waals surface area (Å²) in [5.41, 5.74) is 0. The van der Waals surface area contributed by atoms with Gasteiger partial charge in [-0.2, -0.15) is 0 Å². The number of rotatable bonds is 4. The topological polar surface area (TPSA) is 76.1 Å². The third kappa shape index (κ3) is 2.92. The Labute approximate surface area is 125 Å². The molecule has 2 aliphatic rings. The van der Waals surface area contributed by atoms with Gasteiger partial charge in [0.2, 0.25) is 5.91 Å². The molecule has 1 amide bonds. The molecule has 6 atom stereocenters. The average molecular weight is 299 g/mol. The standard InChI is InChI=1S/C15H25NO5/c1-5-16(12-7-20-6-11(12)15(18)19)14(17)13-8(2)9(3)21-10(13)4/h8-13H,5-7H2,1-4H3,(H,18,19). The number of carbonyl (C=O) groups excluding carboxylic acids is 1. The Morgan fingerprint density at radius 1 is 1.19 bits per heavy atom. The fourth-order valence-electron chi connectivity index (χ4n) is 3.52. The van der Waals surface area contributed by atoms with Crippen LogP contribution < -0.4 is 0 Å². The lowest BCUT2D eigenvalue weighted by Gasteiger charge is -2.33. The van der Waals surface area contributed by atoms with E-state index in [1.807, 2.05) is 27.7 Å². The molecule has 0 aromatic carbocycles. The fraction of sp³-hybridized carbons (Fsp3) is 0.867. The maximum atomic E-state index is 12.9. The van der Waals surface area contributed by atoms with Crippen LogP contribution in [0.3, 0.4) is 0 Å². The van der Waals surface area contributed by atoms with Crippen LogP contribution in [-0.4, -0.2) is 59.9 Å². The van der Waals surface area contributed by atoms with E-state index in [0.29, 0.717) is 13.2 Å². The Hall–Kier alpha value is -1.14. The molecule has 1 N–H and O–H groups in total. The predicted molar refractivity (Wildman–Crippen MR) is 75.8 cm³/mol. The number of carboxylic acids is 1. The van der Waals surface area contributed by atoms with Crippen molar-refractivity contribution in [3.8, 4) is 0 Å². The van der Waals surface area contributed by atoms with Crippen LogP contribution >= 0.6 is 0 Å². The Bertz CT molecular complexity index is 413. The molecule has 6 heteroatoms. The summed E-state index contributed by atoms with van der Waals surface area (Å²) in [6.07, 6.45) is -0.0927. The molecule has 2 aliphatic heterocycles. The normalized spacial score (nSPS) is 39.4. The molecule has 2 saturated heterocycles. The number of ether oxygens (including phenoxy) is 2. The summed E-state index contributed by atoms with van der Waals surface area (Å²) < 4.78 is 11.0. The quantitative estimate of drug-likeness (QED) is 0.838. The molecule has 0 spiro atoms. The van der Waals surface area contributed by atoms with Gasteiger partial charge in [0.25, 0.3) is 0 Å². The van der Waals surface area contributed by atoms with E-state index in [4.69, 9.17) is 9.47 Å². The second-order valence-electron chi connectivity index (χ2n) is 6.11. The summed E-state index contributed by atoms with van der Waals surface area (Å²) in [4.78, 5) is 25.9. The third-order valence-corrected chi connectivity index (χ3v) is 4.92. The first-order valence-electron chi connectivity index (χ1n) is 7.64. The van der Waals surface area contributed by atoms with Gasteiger partial charge in [0.15, 0.2) is 0 Å². The van der Waals surface area contributed by atoms with Gasteiger partial charge in [0.1, 0.15) is 5.92 Å². The minimum absolute atomic E-state index is 0.0106. The van der Waals surface area contributed by atoms with Gasteiger partial charge >= 0.3 is 5.97 Å². The van der Waals surface area contributed by atoms with Crippen molar-refractivity contribution in [3.05, 3.63) is 0 Å². The summed E-state index contributed by atoms with van der Waals surface area (Å²) in [6, 6.07) is -0.379. The Morgan fingerprint density at radius 2 is 1.86 bits per heavy atom. The van der Waals surface area contributed by atoms with E-state index in [9.17, 15) is 14.7 Å². The first-order valence-corrected chi connectivity index (χ1v) is 7.64.